The number of carbonyl (C=O) groups is 5. The van der Waals surface area contributed by atoms with Gasteiger partial charge >= 0.3 is 5.97 Å². The molecule has 2 saturated heterocycles. The number of rotatable bonds is 9. The number of aromatic hydroxyl groups is 1. The van der Waals surface area contributed by atoms with Gasteiger partial charge in [-0.3, -0.25) is 33.6 Å². The number of fused-ring (bicyclic) bond motifs is 6. The molecule has 6 atom stereocenters. The molecular weight excluding hydrogens is 764 g/mol. The summed E-state index contributed by atoms with van der Waals surface area (Å²) >= 11 is 7.89. The molecule has 3 fully saturated rings. The van der Waals surface area contributed by atoms with Crippen LogP contribution in [0.4, 0.5) is 5.82 Å². The lowest BCUT2D eigenvalue weighted by molar-refractivity contribution is -0.141. The van der Waals surface area contributed by atoms with Gasteiger partial charge in [-0.25, -0.2) is 4.90 Å². The number of anilines is 1. The highest BCUT2D eigenvalue weighted by Crippen LogP contribution is 2.65. The number of thiophene rings is 1. The zero-order valence-electron chi connectivity index (χ0n) is 31.7. The number of amides is 4. The van der Waals surface area contributed by atoms with Crippen molar-refractivity contribution in [3.8, 4) is 16.3 Å². The summed E-state index contributed by atoms with van der Waals surface area (Å²) in [5.74, 6) is -5.50. The van der Waals surface area contributed by atoms with Gasteiger partial charge in [0, 0.05) is 47.3 Å². The number of imide groups is 2. The molecule has 2 aliphatic heterocycles. The number of allylic oxidation sites excluding steroid dienone is 2. The molecule has 2 N–H and O–H groups in total. The smallest absolute Gasteiger partial charge is 0.303 e. The Kier molecular flexibility index (Phi) is 8.93. The monoisotopic (exact) mass is 804 g/mol. The molecule has 13 heteroatoms. The van der Waals surface area contributed by atoms with E-state index in [1.54, 1.807) is 35.2 Å². The van der Waals surface area contributed by atoms with Gasteiger partial charge < -0.3 is 10.2 Å². The van der Waals surface area contributed by atoms with Gasteiger partial charge in [-0.05, 0) is 91.4 Å². The third kappa shape index (κ3) is 5.58. The molecule has 5 aromatic rings. The summed E-state index contributed by atoms with van der Waals surface area (Å²) in [6.07, 6.45) is 3.98. The van der Waals surface area contributed by atoms with E-state index in [-0.39, 0.29) is 43.4 Å². The second kappa shape index (κ2) is 13.7. The number of carboxylic acid groups (broad SMARTS) is 1. The van der Waals surface area contributed by atoms with Crippen LogP contribution < -0.4 is 4.90 Å². The predicted molar refractivity (Wildman–Crippen MR) is 217 cm³/mol. The standard InChI is InChI=1S/C44H41ClN4O7S/c1-22-28-19-24(45)13-17-33(28)57-39(22)31-21-34(47(3)46-31)49-41(54)30-20-29-26(14-15-27-36(29)42(55)48(40(27)53)18-8-4-5-11-35(51)52)38(44(30,2)43(49)56)37-25-10-7-6-9-23(25)12-16-32(37)50/h6-7,9-10,12-14,16-17,19,21,27,29-30,36,38,50H,4-5,8,11,15,18,20H2,1-3H3,(H,51,52)/t27-,29+,30-,36-,38+,44+/m0/s1. The largest absolute Gasteiger partial charge is 0.508 e. The first-order chi connectivity index (χ1) is 27.3. The molecule has 11 nitrogen and oxygen atoms in total. The number of aryl methyl sites for hydroxylation is 2. The van der Waals surface area contributed by atoms with E-state index >= 15 is 9.59 Å². The second-order valence-electron chi connectivity index (χ2n) is 16.1. The Morgan fingerprint density at radius 2 is 1.75 bits per heavy atom. The number of unbranched alkanes of at least 4 members (excludes halogenated alkanes) is 2. The average molecular weight is 805 g/mol. The van der Waals surface area contributed by atoms with E-state index in [0.29, 0.717) is 41.4 Å². The number of phenols is 1. The Labute approximate surface area is 337 Å². The van der Waals surface area contributed by atoms with Crippen molar-refractivity contribution in [1.82, 2.24) is 14.7 Å². The van der Waals surface area contributed by atoms with Crippen LogP contribution in [0.25, 0.3) is 31.4 Å². The lowest BCUT2D eigenvalue weighted by atomic mass is 9.51. The molecule has 0 spiro atoms. The average Bonchev–Trinajstić information content (AvgIpc) is 3.85. The zero-order chi connectivity index (χ0) is 40.1. The number of carbonyl (C=O) groups excluding carboxylic acids is 4. The molecule has 4 heterocycles. The van der Waals surface area contributed by atoms with Crippen LogP contribution in [0.1, 0.15) is 62.5 Å². The van der Waals surface area contributed by atoms with E-state index in [4.69, 9.17) is 21.8 Å². The van der Waals surface area contributed by atoms with Crippen LogP contribution in [0, 0.1) is 36.0 Å². The predicted octanol–water partition coefficient (Wildman–Crippen LogP) is 8.00. The number of carboxylic acids is 1. The summed E-state index contributed by atoms with van der Waals surface area (Å²) in [4.78, 5) is 73.0. The number of halogens is 1. The molecule has 9 rings (SSSR count). The van der Waals surface area contributed by atoms with Crippen molar-refractivity contribution in [2.45, 2.75) is 58.3 Å². The van der Waals surface area contributed by atoms with E-state index in [2.05, 4.69) is 0 Å². The summed E-state index contributed by atoms with van der Waals surface area (Å²) in [6.45, 7) is 4.01. The van der Waals surface area contributed by atoms with Gasteiger partial charge in [0.15, 0.2) is 0 Å². The minimum Gasteiger partial charge on any atom is -0.508 e. The van der Waals surface area contributed by atoms with E-state index < -0.39 is 52.8 Å². The van der Waals surface area contributed by atoms with Crippen LogP contribution >= 0.6 is 22.9 Å². The van der Waals surface area contributed by atoms with Crippen molar-refractivity contribution in [3.63, 3.8) is 0 Å². The van der Waals surface area contributed by atoms with Gasteiger partial charge in [0.1, 0.15) is 17.3 Å². The third-order valence-electron chi connectivity index (χ3n) is 13.1. The fraction of sp³-hybridized carbons (Fsp3) is 0.364. The number of benzene rings is 3. The Hall–Kier alpha value is -5.33. The van der Waals surface area contributed by atoms with Crippen molar-refractivity contribution < 1.29 is 34.2 Å². The Balaban J connectivity index is 1.14. The molecule has 1 saturated carbocycles. The van der Waals surface area contributed by atoms with Crippen molar-refractivity contribution in [1.29, 1.82) is 0 Å². The molecule has 0 radical (unpaired) electrons. The maximum Gasteiger partial charge on any atom is 0.303 e. The minimum atomic E-state index is -1.36. The lowest BCUT2D eigenvalue weighted by Crippen LogP contribution is -2.49. The van der Waals surface area contributed by atoms with Gasteiger partial charge in [0.05, 0.1) is 28.0 Å². The van der Waals surface area contributed by atoms with Gasteiger partial charge in [0.2, 0.25) is 23.6 Å². The van der Waals surface area contributed by atoms with Gasteiger partial charge in [-0.15, -0.1) is 11.3 Å². The molecule has 0 bridgehead atoms. The number of hydrogen-bond donors (Lipinski definition) is 2. The quantitative estimate of drug-likeness (QED) is 0.0865. The van der Waals surface area contributed by atoms with Gasteiger partial charge in [0.25, 0.3) is 0 Å². The molecule has 0 unspecified atom stereocenters. The van der Waals surface area contributed by atoms with Gasteiger partial charge in [-0.2, -0.15) is 5.10 Å². The summed E-state index contributed by atoms with van der Waals surface area (Å²) in [7, 11) is 1.71. The second-order valence-corrected chi connectivity index (χ2v) is 17.6. The van der Waals surface area contributed by atoms with E-state index in [1.807, 2.05) is 68.5 Å². The van der Waals surface area contributed by atoms with E-state index in [1.165, 1.54) is 9.80 Å². The molecule has 2 aromatic heterocycles. The van der Waals surface area contributed by atoms with Crippen LogP contribution in [-0.2, 0) is 31.0 Å². The number of aromatic nitrogens is 2. The van der Waals surface area contributed by atoms with Crippen molar-refractivity contribution in [3.05, 3.63) is 88.5 Å². The molecular formula is C44H41ClN4O7S. The van der Waals surface area contributed by atoms with Crippen LogP contribution in [0.15, 0.2) is 72.3 Å². The Morgan fingerprint density at radius 1 is 0.965 bits per heavy atom. The topological polar surface area (TPSA) is 150 Å². The molecule has 292 valence electrons. The number of likely N-dealkylation sites (tertiary alicyclic amines) is 1. The maximum absolute atomic E-state index is 15.3. The number of nitrogens with zero attached hydrogens (tertiary/aromatic N) is 4. The van der Waals surface area contributed by atoms with E-state index in [9.17, 15) is 19.5 Å². The van der Waals surface area contributed by atoms with Crippen LogP contribution in [0.3, 0.4) is 0 Å². The molecule has 4 aliphatic rings. The first kappa shape index (κ1) is 37.3. The molecule has 2 aliphatic carbocycles. The van der Waals surface area contributed by atoms with Crippen molar-refractivity contribution in [2.24, 2.45) is 36.1 Å². The van der Waals surface area contributed by atoms with Gasteiger partial charge in [-0.1, -0.05) is 60.0 Å². The highest BCUT2D eigenvalue weighted by Gasteiger charge is 2.68. The normalized spacial score (nSPS) is 25.7. The lowest BCUT2D eigenvalue weighted by Gasteiger charge is -2.49. The third-order valence-corrected chi connectivity index (χ3v) is 14.6. The summed E-state index contributed by atoms with van der Waals surface area (Å²) in [6, 6.07) is 18.6. The molecule has 57 heavy (non-hydrogen) atoms. The number of phenolic OH excluding ortho intramolecular Hbond substituents is 1. The number of hydrogen-bond acceptors (Lipinski definition) is 8. The SMILES string of the molecule is Cc1c(-c2cc(N3C(=O)[C@@H]4C[C@@H]5C(=CC[C@@H]6C(=O)N(CCCCCC(=O)O)C(=O)[C@@H]65)[C@H](c5c(O)ccc6ccccc56)[C@]4(C)C3=O)n(C)n2)sc2ccc(Cl)cc12. The summed E-state index contributed by atoms with van der Waals surface area (Å²) in [5, 5.41) is 28.9. The van der Waals surface area contributed by atoms with Crippen molar-refractivity contribution >= 4 is 79.2 Å². The van der Waals surface area contributed by atoms with Crippen LogP contribution in [0.2, 0.25) is 5.02 Å². The highest BCUT2D eigenvalue weighted by molar-refractivity contribution is 7.22. The van der Waals surface area contributed by atoms with E-state index in [0.717, 1.165) is 36.9 Å². The van der Waals surface area contributed by atoms with Crippen LogP contribution in [-0.4, -0.2) is 61.0 Å². The van der Waals surface area contributed by atoms with Crippen molar-refractivity contribution in [2.75, 3.05) is 11.4 Å². The first-order valence-electron chi connectivity index (χ1n) is 19.4. The maximum atomic E-state index is 15.3. The Bertz CT molecular complexity index is 2610. The fourth-order valence-corrected chi connectivity index (χ4v) is 11.7. The van der Waals surface area contributed by atoms with Crippen LogP contribution in [0.5, 0.6) is 5.75 Å². The number of aliphatic carboxylic acids is 1. The zero-order valence-corrected chi connectivity index (χ0v) is 33.3. The molecule has 4 amide bonds. The first-order valence-corrected chi connectivity index (χ1v) is 20.6. The highest BCUT2D eigenvalue weighted by atomic mass is 35.5. The Morgan fingerprint density at radius 3 is 2.54 bits per heavy atom. The summed E-state index contributed by atoms with van der Waals surface area (Å²) in [5.41, 5.74) is 1.56. The molecule has 3 aromatic carbocycles. The summed E-state index contributed by atoms with van der Waals surface area (Å²) < 4.78 is 2.60. The fourth-order valence-electron chi connectivity index (χ4n) is 10.4. The minimum absolute atomic E-state index is 0.0129.